The average molecular weight is 399 g/mol. The molecule has 0 atom stereocenters. The Hall–Kier alpha value is -2.60. The Morgan fingerprint density at radius 3 is 2.38 bits per heavy atom. The molecule has 0 spiro atoms. The molecule has 0 aliphatic carbocycles. The minimum atomic E-state index is -0.182. The fourth-order valence-electron chi connectivity index (χ4n) is 3.63. The van der Waals surface area contributed by atoms with Crippen LogP contribution in [-0.2, 0) is 13.0 Å². The summed E-state index contributed by atoms with van der Waals surface area (Å²) in [5.74, 6) is 0.978. The van der Waals surface area contributed by atoms with Crippen molar-refractivity contribution >= 4 is 5.96 Å². The van der Waals surface area contributed by atoms with Gasteiger partial charge >= 0.3 is 0 Å². The molecule has 0 aromatic heterocycles. The van der Waals surface area contributed by atoms with Crippen LogP contribution in [0.4, 0.5) is 4.39 Å². The van der Waals surface area contributed by atoms with E-state index in [1.165, 1.54) is 17.7 Å². The highest BCUT2D eigenvalue weighted by molar-refractivity contribution is 5.79. The van der Waals surface area contributed by atoms with E-state index in [2.05, 4.69) is 20.5 Å². The van der Waals surface area contributed by atoms with Crippen molar-refractivity contribution in [1.29, 1.82) is 0 Å². The number of guanidine groups is 1. The van der Waals surface area contributed by atoms with Crippen LogP contribution in [0, 0.1) is 5.82 Å². The number of likely N-dealkylation sites (tertiary alicyclic amines) is 1. The van der Waals surface area contributed by atoms with Crippen molar-refractivity contribution in [3.63, 3.8) is 0 Å². The summed E-state index contributed by atoms with van der Waals surface area (Å²) < 4.78 is 13.0. The maximum Gasteiger partial charge on any atom is 0.191 e. The van der Waals surface area contributed by atoms with E-state index in [0.29, 0.717) is 11.8 Å². The maximum atomic E-state index is 13.0. The number of aliphatic imine (C=N–C) groups is 1. The molecule has 3 rings (SSSR count). The van der Waals surface area contributed by atoms with Gasteiger partial charge < -0.3 is 15.7 Å². The largest absolute Gasteiger partial charge is 0.508 e. The van der Waals surface area contributed by atoms with Gasteiger partial charge in [-0.1, -0.05) is 24.3 Å². The van der Waals surface area contributed by atoms with Gasteiger partial charge in [-0.05, 0) is 61.1 Å². The molecule has 5 nitrogen and oxygen atoms in total. The van der Waals surface area contributed by atoms with Crippen LogP contribution >= 0.6 is 0 Å². The van der Waals surface area contributed by atoms with Gasteiger partial charge in [0.05, 0.1) is 0 Å². The van der Waals surface area contributed by atoms with E-state index in [1.54, 1.807) is 19.2 Å². The molecule has 0 bridgehead atoms. The maximum absolute atomic E-state index is 13.0. The quantitative estimate of drug-likeness (QED) is 0.381. The van der Waals surface area contributed by atoms with Gasteiger partial charge in [-0.3, -0.25) is 9.89 Å². The third kappa shape index (κ3) is 7.06. The number of aromatic hydroxyl groups is 1. The Morgan fingerprint density at radius 2 is 1.72 bits per heavy atom. The summed E-state index contributed by atoms with van der Waals surface area (Å²) in [4.78, 5) is 6.76. The van der Waals surface area contributed by atoms with E-state index >= 15 is 0 Å². The molecule has 0 saturated carbocycles. The van der Waals surface area contributed by atoms with Crippen molar-refractivity contribution in [1.82, 2.24) is 15.5 Å². The van der Waals surface area contributed by atoms with Gasteiger partial charge in [0.2, 0.25) is 0 Å². The Morgan fingerprint density at radius 1 is 1.07 bits per heavy atom. The first-order valence-electron chi connectivity index (χ1n) is 10.3. The van der Waals surface area contributed by atoms with E-state index in [1.807, 2.05) is 24.3 Å². The first-order chi connectivity index (χ1) is 14.1. The highest BCUT2D eigenvalue weighted by Gasteiger charge is 2.20. The topological polar surface area (TPSA) is 59.9 Å². The molecule has 0 amide bonds. The summed E-state index contributed by atoms with van der Waals surface area (Å²) in [6.07, 6.45) is 4.10. The van der Waals surface area contributed by atoms with Gasteiger partial charge in [0.15, 0.2) is 5.96 Å². The molecule has 1 aliphatic heterocycles. The predicted octanol–water partition coefficient (Wildman–Crippen LogP) is 3.29. The predicted molar refractivity (Wildman–Crippen MR) is 116 cm³/mol. The molecular weight excluding hydrogens is 367 g/mol. The Labute approximate surface area is 172 Å². The zero-order valence-electron chi connectivity index (χ0n) is 17.1. The van der Waals surface area contributed by atoms with Crippen LogP contribution in [0.5, 0.6) is 5.75 Å². The molecule has 6 heteroatoms. The number of halogens is 1. The normalized spacial score (nSPS) is 16.0. The van der Waals surface area contributed by atoms with Crippen molar-refractivity contribution in [2.45, 2.75) is 38.3 Å². The standard InChI is InChI=1S/C23H31FN4O/c1-25-23(26-14-2-3-18-6-10-22(29)11-7-18)27-21-12-15-28(16-13-21)17-19-4-8-20(24)9-5-19/h4-11,21,29H,2-3,12-17H2,1H3,(H2,25,26,27). The number of phenols is 1. The Kier molecular flexibility index (Phi) is 7.87. The van der Waals surface area contributed by atoms with Crippen molar-refractivity contribution in [3.8, 4) is 5.75 Å². The molecule has 0 unspecified atom stereocenters. The smallest absolute Gasteiger partial charge is 0.191 e. The van der Waals surface area contributed by atoms with Crippen LogP contribution in [-0.4, -0.2) is 48.7 Å². The number of hydrogen-bond acceptors (Lipinski definition) is 3. The molecule has 1 heterocycles. The van der Waals surface area contributed by atoms with Gasteiger partial charge in [0.1, 0.15) is 11.6 Å². The molecule has 2 aromatic carbocycles. The lowest BCUT2D eigenvalue weighted by Gasteiger charge is -2.33. The minimum Gasteiger partial charge on any atom is -0.508 e. The second kappa shape index (κ2) is 10.8. The number of nitrogens with one attached hydrogen (secondary N) is 2. The first-order valence-corrected chi connectivity index (χ1v) is 10.3. The fraction of sp³-hybridized carbons (Fsp3) is 0.435. The number of nitrogens with zero attached hydrogens (tertiary/aromatic N) is 2. The molecule has 156 valence electrons. The fourth-order valence-corrected chi connectivity index (χ4v) is 3.63. The number of aryl methyl sites for hydroxylation is 1. The third-order valence-corrected chi connectivity index (χ3v) is 5.34. The molecule has 1 aliphatic rings. The SMILES string of the molecule is CN=C(NCCCc1ccc(O)cc1)NC1CCN(Cc2ccc(F)cc2)CC1. The van der Waals surface area contributed by atoms with Crippen LogP contribution in [0.1, 0.15) is 30.4 Å². The molecule has 1 fully saturated rings. The van der Waals surface area contributed by atoms with Gasteiger partial charge in [0.25, 0.3) is 0 Å². The van der Waals surface area contributed by atoms with E-state index in [4.69, 9.17) is 0 Å². The van der Waals surface area contributed by atoms with E-state index < -0.39 is 0 Å². The second-order valence-electron chi connectivity index (χ2n) is 7.59. The third-order valence-electron chi connectivity index (χ3n) is 5.34. The number of phenolic OH excluding ortho intramolecular Hbond substituents is 1. The van der Waals surface area contributed by atoms with Gasteiger partial charge in [0, 0.05) is 39.3 Å². The Balaban J connectivity index is 1.33. The number of benzene rings is 2. The lowest BCUT2D eigenvalue weighted by molar-refractivity contribution is 0.198. The molecule has 0 radical (unpaired) electrons. The number of piperidine rings is 1. The average Bonchev–Trinajstić information content (AvgIpc) is 2.74. The summed E-state index contributed by atoms with van der Waals surface area (Å²) >= 11 is 0. The highest BCUT2D eigenvalue weighted by atomic mass is 19.1. The lowest BCUT2D eigenvalue weighted by Crippen LogP contribution is -2.48. The summed E-state index contributed by atoms with van der Waals surface area (Å²) in [5.41, 5.74) is 2.38. The molecule has 1 saturated heterocycles. The van der Waals surface area contributed by atoms with E-state index in [0.717, 1.165) is 63.4 Å². The van der Waals surface area contributed by atoms with Gasteiger partial charge in [-0.2, -0.15) is 0 Å². The highest BCUT2D eigenvalue weighted by Crippen LogP contribution is 2.14. The molecular formula is C23H31FN4O. The number of rotatable bonds is 7. The monoisotopic (exact) mass is 398 g/mol. The van der Waals surface area contributed by atoms with Crippen molar-refractivity contribution < 1.29 is 9.50 Å². The minimum absolute atomic E-state index is 0.182. The molecule has 3 N–H and O–H groups in total. The van der Waals surface area contributed by atoms with Crippen molar-refractivity contribution in [2.75, 3.05) is 26.7 Å². The van der Waals surface area contributed by atoms with E-state index in [9.17, 15) is 9.50 Å². The summed E-state index contributed by atoms with van der Waals surface area (Å²) in [6.45, 7) is 3.76. The van der Waals surface area contributed by atoms with Crippen molar-refractivity contribution in [3.05, 3.63) is 65.5 Å². The molecule has 29 heavy (non-hydrogen) atoms. The second-order valence-corrected chi connectivity index (χ2v) is 7.59. The van der Waals surface area contributed by atoms with Gasteiger partial charge in [-0.15, -0.1) is 0 Å². The van der Waals surface area contributed by atoms with Crippen molar-refractivity contribution in [2.24, 2.45) is 4.99 Å². The first kappa shape index (κ1) is 21.1. The van der Waals surface area contributed by atoms with Crippen LogP contribution in [0.2, 0.25) is 0 Å². The lowest BCUT2D eigenvalue weighted by atomic mass is 10.0. The Bertz CT molecular complexity index is 768. The molecule has 2 aromatic rings. The van der Waals surface area contributed by atoms with Crippen LogP contribution in [0.3, 0.4) is 0 Å². The van der Waals surface area contributed by atoms with Crippen LogP contribution < -0.4 is 10.6 Å². The zero-order valence-corrected chi connectivity index (χ0v) is 17.1. The zero-order chi connectivity index (χ0) is 20.5. The van der Waals surface area contributed by atoms with E-state index in [-0.39, 0.29) is 5.82 Å². The summed E-state index contributed by atoms with van der Waals surface area (Å²) in [6, 6.07) is 14.6. The summed E-state index contributed by atoms with van der Waals surface area (Å²) in [5, 5.41) is 16.3. The van der Waals surface area contributed by atoms with Crippen LogP contribution in [0.15, 0.2) is 53.5 Å². The van der Waals surface area contributed by atoms with Crippen LogP contribution in [0.25, 0.3) is 0 Å². The van der Waals surface area contributed by atoms with Gasteiger partial charge in [-0.25, -0.2) is 4.39 Å². The number of hydrogen-bond donors (Lipinski definition) is 3. The summed E-state index contributed by atoms with van der Waals surface area (Å²) in [7, 11) is 1.80.